The molecule has 0 bridgehead atoms. The van der Waals surface area contributed by atoms with Crippen LogP contribution < -0.4 is 4.90 Å². The molecule has 0 radical (unpaired) electrons. The predicted octanol–water partition coefficient (Wildman–Crippen LogP) is 2.96. The molecule has 1 aliphatic heterocycles. The Morgan fingerprint density at radius 1 is 1.14 bits per heavy atom. The molecule has 0 amide bonds. The van der Waals surface area contributed by atoms with Gasteiger partial charge in [0.05, 0.1) is 12.2 Å². The molecule has 0 saturated heterocycles. The molecule has 1 aliphatic rings. The Hall–Kier alpha value is -2.04. The van der Waals surface area contributed by atoms with Crippen molar-refractivity contribution >= 4 is 5.82 Å². The lowest BCUT2D eigenvalue weighted by atomic mass is 9.95. The van der Waals surface area contributed by atoms with Gasteiger partial charge in [0.2, 0.25) is 0 Å². The van der Waals surface area contributed by atoms with Crippen molar-refractivity contribution in [3.05, 3.63) is 40.9 Å². The van der Waals surface area contributed by atoms with E-state index in [4.69, 9.17) is 4.98 Å². The highest BCUT2D eigenvalue weighted by Crippen LogP contribution is 2.28. The van der Waals surface area contributed by atoms with E-state index in [0.29, 0.717) is 0 Å². The van der Waals surface area contributed by atoms with Gasteiger partial charge in [0.15, 0.2) is 0 Å². The molecule has 0 unspecified atom stereocenters. The van der Waals surface area contributed by atoms with Crippen molar-refractivity contribution < 1.29 is 0 Å². The molecule has 5 nitrogen and oxygen atoms in total. The average molecular weight is 297 g/mol. The van der Waals surface area contributed by atoms with Crippen LogP contribution >= 0.6 is 0 Å². The van der Waals surface area contributed by atoms with Crippen LogP contribution in [0.4, 0.5) is 5.82 Å². The van der Waals surface area contributed by atoms with E-state index >= 15 is 0 Å². The number of aryl methyl sites for hydroxylation is 2. The number of nitrogens with zero attached hydrogens (tertiary/aromatic N) is 5. The van der Waals surface area contributed by atoms with Gasteiger partial charge in [0, 0.05) is 35.5 Å². The summed E-state index contributed by atoms with van der Waals surface area (Å²) in [6.45, 7) is 12.1. The van der Waals surface area contributed by atoms with Crippen LogP contribution in [0.5, 0.6) is 0 Å². The molecular weight excluding hydrogens is 274 g/mol. The zero-order valence-electron chi connectivity index (χ0n) is 14.0. The van der Waals surface area contributed by atoms with E-state index in [-0.39, 0.29) is 5.41 Å². The van der Waals surface area contributed by atoms with E-state index in [1.54, 1.807) is 0 Å². The summed E-state index contributed by atoms with van der Waals surface area (Å²) in [4.78, 5) is 20.6. The van der Waals surface area contributed by atoms with Gasteiger partial charge >= 0.3 is 0 Å². The first-order valence-corrected chi connectivity index (χ1v) is 7.81. The van der Waals surface area contributed by atoms with Crippen molar-refractivity contribution in [1.29, 1.82) is 0 Å². The molecular formula is C17H23N5. The normalized spacial score (nSPS) is 14.3. The summed E-state index contributed by atoms with van der Waals surface area (Å²) in [5.74, 6) is 2.72. The predicted molar refractivity (Wildman–Crippen MR) is 86.8 cm³/mol. The molecule has 0 N–H and O–H groups in total. The van der Waals surface area contributed by atoms with Gasteiger partial charge in [-0.3, -0.25) is 0 Å². The molecule has 0 spiro atoms. The van der Waals surface area contributed by atoms with E-state index < -0.39 is 0 Å². The maximum atomic E-state index is 4.77. The first-order chi connectivity index (χ1) is 10.4. The molecule has 3 heterocycles. The number of fused-ring (bicyclic) bond motifs is 1. The van der Waals surface area contributed by atoms with Crippen LogP contribution in [0.25, 0.3) is 0 Å². The first-order valence-electron chi connectivity index (χ1n) is 7.81. The third-order valence-electron chi connectivity index (χ3n) is 3.89. The minimum absolute atomic E-state index is 0.0245. The first kappa shape index (κ1) is 14.9. The van der Waals surface area contributed by atoms with E-state index in [1.165, 1.54) is 5.56 Å². The number of anilines is 1. The summed E-state index contributed by atoms with van der Waals surface area (Å²) >= 11 is 0. The molecule has 2 aromatic heterocycles. The van der Waals surface area contributed by atoms with Crippen molar-refractivity contribution in [2.75, 3.05) is 4.90 Å². The maximum absolute atomic E-state index is 4.77. The summed E-state index contributed by atoms with van der Waals surface area (Å²) in [7, 11) is 0. The molecule has 2 aromatic rings. The van der Waals surface area contributed by atoms with Crippen LogP contribution in [0.3, 0.4) is 0 Å². The largest absolute Gasteiger partial charge is 0.346 e. The average Bonchev–Trinajstić information content (AvgIpc) is 2.88. The van der Waals surface area contributed by atoms with Gasteiger partial charge in [-0.25, -0.2) is 19.9 Å². The quantitative estimate of drug-likeness (QED) is 0.853. The highest BCUT2D eigenvalue weighted by molar-refractivity contribution is 5.45. The second kappa shape index (κ2) is 5.30. The maximum Gasteiger partial charge on any atom is 0.133 e. The Morgan fingerprint density at radius 3 is 2.59 bits per heavy atom. The number of hydrogen-bond acceptors (Lipinski definition) is 5. The lowest BCUT2D eigenvalue weighted by Crippen LogP contribution is -2.18. The van der Waals surface area contributed by atoms with Gasteiger partial charge in [-0.15, -0.1) is 0 Å². The molecule has 116 valence electrons. The number of hydrogen-bond donors (Lipinski definition) is 0. The molecule has 0 aromatic carbocycles. The van der Waals surface area contributed by atoms with Crippen molar-refractivity contribution in [2.24, 2.45) is 0 Å². The Kier molecular flexibility index (Phi) is 3.59. The van der Waals surface area contributed by atoms with Crippen LogP contribution in [0, 0.1) is 6.92 Å². The summed E-state index contributed by atoms with van der Waals surface area (Å²) < 4.78 is 0. The van der Waals surface area contributed by atoms with Gasteiger partial charge in [-0.05, 0) is 13.3 Å². The minimum atomic E-state index is -0.0245. The zero-order chi connectivity index (χ0) is 15.9. The van der Waals surface area contributed by atoms with Gasteiger partial charge < -0.3 is 4.90 Å². The zero-order valence-corrected chi connectivity index (χ0v) is 14.0. The molecule has 0 atom stereocenters. The summed E-state index contributed by atoms with van der Waals surface area (Å²) in [6.07, 6.45) is 2.89. The Labute approximate surface area is 131 Å². The molecule has 3 rings (SSSR count). The smallest absolute Gasteiger partial charge is 0.133 e. The topological polar surface area (TPSA) is 54.8 Å². The summed E-state index contributed by atoms with van der Waals surface area (Å²) in [5.41, 5.74) is 3.38. The number of rotatable bonds is 2. The SMILES string of the molecule is CCc1cc(N2Cc3cnc(C(C)(C)C)nc3C2)nc(C)n1. The van der Waals surface area contributed by atoms with E-state index in [1.807, 2.05) is 13.1 Å². The minimum Gasteiger partial charge on any atom is -0.346 e. The molecule has 5 heteroatoms. The van der Waals surface area contributed by atoms with Crippen LogP contribution in [0.2, 0.25) is 0 Å². The van der Waals surface area contributed by atoms with Crippen molar-refractivity contribution in [1.82, 2.24) is 19.9 Å². The second-order valence-electron chi connectivity index (χ2n) is 6.89. The third kappa shape index (κ3) is 2.80. The Morgan fingerprint density at radius 2 is 1.91 bits per heavy atom. The molecule has 0 saturated carbocycles. The van der Waals surface area contributed by atoms with Crippen LogP contribution in [-0.4, -0.2) is 19.9 Å². The third-order valence-corrected chi connectivity index (χ3v) is 3.89. The second-order valence-corrected chi connectivity index (χ2v) is 6.89. The van der Waals surface area contributed by atoms with E-state index in [0.717, 1.165) is 48.4 Å². The van der Waals surface area contributed by atoms with Crippen molar-refractivity contribution in [3.8, 4) is 0 Å². The van der Waals surface area contributed by atoms with Crippen molar-refractivity contribution in [3.63, 3.8) is 0 Å². The highest BCUT2D eigenvalue weighted by Gasteiger charge is 2.25. The molecule has 0 aliphatic carbocycles. The highest BCUT2D eigenvalue weighted by atomic mass is 15.2. The molecule has 22 heavy (non-hydrogen) atoms. The standard InChI is InChI=1S/C17H23N5/c1-6-13-7-15(20-11(2)19-13)22-9-12-8-18-16(17(3,4)5)21-14(12)10-22/h7-8H,6,9-10H2,1-5H3. The van der Waals surface area contributed by atoms with Crippen LogP contribution in [0.15, 0.2) is 12.3 Å². The van der Waals surface area contributed by atoms with E-state index in [9.17, 15) is 0 Å². The lowest BCUT2D eigenvalue weighted by Gasteiger charge is -2.17. The Balaban J connectivity index is 1.90. The van der Waals surface area contributed by atoms with Crippen molar-refractivity contribution in [2.45, 2.75) is 59.5 Å². The van der Waals surface area contributed by atoms with Gasteiger partial charge in [0.1, 0.15) is 17.5 Å². The fourth-order valence-corrected chi connectivity index (χ4v) is 2.63. The van der Waals surface area contributed by atoms with Crippen LogP contribution in [0.1, 0.15) is 56.3 Å². The van der Waals surface area contributed by atoms with Crippen LogP contribution in [-0.2, 0) is 24.9 Å². The van der Waals surface area contributed by atoms with Gasteiger partial charge in [-0.2, -0.15) is 0 Å². The number of aromatic nitrogens is 4. The summed E-state index contributed by atoms with van der Waals surface area (Å²) in [5, 5.41) is 0. The fraction of sp³-hybridized carbons (Fsp3) is 0.529. The summed E-state index contributed by atoms with van der Waals surface area (Å²) in [6, 6.07) is 2.08. The van der Waals surface area contributed by atoms with Gasteiger partial charge in [-0.1, -0.05) is 27.7 Å². The van der Waals surface area contributed by atoms with E-state index in [2.05, 4.69) is 53.6 Å². The monoisotopic (exact) mass is 297 g/mol. The Bertz CT molecular complexity index is 703. The van der Waals surface area contributed by atoms with Gasteiger partial charge in [0.25, 0.3) is 0 Å². The molecule has 0 fully saturated rings. The fourth-order valence-electron chi connectivity index (χ4n) is 2.63. The lowest BCUT2D eigenvalue weighted by molar-refractivity contribution is 0.541.